The van der Waals surface area contributed by atoms with Gasteiger partial charge in [-0.05, 0) is 27.2 Å². The molecule has 3 saturated heterocycles. The van der Waals surface area contributed by atoms with Crippen LogP contribution in [-0.2, 0) is 14.4 Å². The first-order valence-corrected chi connectivity index (χ1v) is 14.7. The summed E-state index contributed by atoms with van der Waals surface area (Å²) in [5, 5.41) is 61.5. The van der Waals surface area contributed by atoms with Crippen LogP contribution in [0.1, 0.15) is 34.1 Å². The van der Waals surface area contributed by atoms with Crippen LogP contribution < -0.4 is 16.0 Å². The van der Waals surface area contributed by atoms with E-state index in [0.717, 1.165) is 78.5 Å². The van der Waals surface area contributed by atoms with Gasteiger partial charge in [-0.25, -0.2) is 0 Å². The Kier molecular flexibility index (Phi) is 21.5. The maximum Gasteiger partial charge on any atom is 0.320 e. The molecule has 0 aliphatic carbocycles. The molecule has 0 radical (unpaired) electrons. The SMILES string of the molecule is CC(C(=O)O)N1CCNCC1.CC(C(=O)O)N1CCNCC1.CC(C(=O)O)N1CCNCC1.CCC(CO)(CO)CO. The summed E-state index contributed by atoms with van der Waals surface area (Å²) in [6.07, 6.45) is 0.594. The maximum absolute atomic E-state index is 10.5. The third-order valence-electron chi connectivity index (χ3n) is 7.93. The fraction of sp³-hybridized carbons (Fsp3) is 0.889. The third kappa shape index (κ3) is 15.5. The van der Waals surface area contributed by atoms with Crippen LogP contribution in [0.3, 0.4) is 0 Å². The molecule has 0 aromatic heterocycles. The minimum absolute atomic E-state index is 0.156. The molecule has 9 N–H and O–H groups in total. The van der Waals surface area contributed by atoms with E-state index in [4.69, 9.17) is 30.6 Å². The van der Waals surface area contributed by atoms with E-state index in [9.17, 15) is 14.4 Å². The summed E-state index contributed by atoms with van der Waals surface area (Å²) in [5.74, 6) is -2.19. The minimum Gasteiger partial charge on any atom is -0.480 e. The second kappa shape index (κ2) is 22.6. The number of carboxylic acid groups (broad SMARTS) is 3. The zero-order valence-corrected chi connectivity index (χ0v) is 25.8. The van der Waals surface area contributed by atoms with Gasteiger partial charge in [0, 0.05) is 84.0 Å². The molecule has 0 aromatic carbocycles. The van der Waals surface area contributed by atoms with Crippen molar-refractivity contribution in [2.24, 2.45) is 5.41 Å². The van der Waals surface area contributed by atoms with Crippen molar-refractivity contribution in [1.29, 1.82) is 0 Å². The number of carbonyl (C=O) groups is 3. The summed E-state index contributed by atoms with van der Waals surface area (Å²) in [6.45, 7) is 17.0. The first-order chi connectivity index (χ1) is 19.9. The quantitative estimate of drug-likeness (QED) is 0.125. The van der Waals surface area contributed by atoms with Crippen molar-refractivity contribution < 1.29 is 45.0 Å². The van der Waals surface area contributed by atoms with Gasteiger partial charge in [0.25, 0.3) is 0 Å². The topological polar surface area (TPSA) is 218 Å². The Hall–Kier alpha value is -1.95. The molecule has 3 heterocycles. The van der Waals surface area contributed by atoms with Crippen molar-refractivity contribution >= 4 is 17.9 Å². The summed E-state index contributed by atoms with van der Waals surface area (Å²) >= 11 is 0. The molecule has 0 bridgehead atoms. The molecule has 3 fully saturated rings. The van der Waals surface area contributed by atoms with Gasteiger partial charge in [0.05, 0.1) is 19.8 Å². The Morgan fingerprint density at radius 2 is 0.786 bits per heavy atom. The van der Waals surface area contributed by atoms with Crippen LogP contribution in [0.25, 0.3) is 0 Å². The van der Waals surface area contributed by atoms with Crippen molar-refractivity contribution in [3.8, 4) is 0 Å². The van der Waals surface area contributed by atoms with Gasteiger partial charge in [0.1, 0.15) is 18.1 Å². The highest BCUT2D eigenvalue weighted by Crippen LogP contribution is 2.18. The molecule has 15 heteroatoms. The zero-order chi connectivity index (χ0) is 32.1. The van der Waals surface area contributed by atoms with Crippen molar-refractivity contribution in [3.05, 3.63) is 0 Å². The summed E-state index contributed by atoms with van der Waals surface area (Å²) < 4.78 is 0. The number of aliphatic hydroxyl groups excluding tert-OH is 3. The zero-order valence-electron chi connectivity index (χ0n) is 25.8. The van der Waals surface area contributed by atoms with Crippen LogP contribution >= 0.6 is 0 Å². The van der Waals surface area contributed by atoms with Crippen LogP contribution in [0.2, 0.25) is 0 Å². The second-order valence-corrected chi connectivity index (χ2v) is 10.7. The van der Waals surface area contributed by atoms with E-state index in [1.54, 1.807) is 20.8 Å². The van der Waals surface area contributed by atoms with Gasteiger partial charge in [0.2, 0.25) is 0 Å². The lowest BCUT2D eigenvalue weighted by Gasteiger charge is -2.30. The van der Waals surface area contributed by atoms with Crippen LogP contribution in [0.4, 0.5) is 0 Å². The molecule has 3 aliphatic heterocycles. The van der Waals surface area contributed by atoms with Crippen molar-refractivity contribution in [2.45, 2.75) is 52.2 Å². The molecule has 248 valence electrons. The van der Waals surface area contributed by atoms with Crippen LogP contribution in [0, 0.1) is 5.41 Å². The molecule has 15 nitrogen and oxygen atoms in total. The van der Waals surface area contributed by atoms with Gasteiger partial charge >= 0.3 is 17.9 Å². The van der Waals surface area contributed by atoms with Gasteiger partial charge in [-0.15, -0.1) is 0 Å². The Balaban J connectivity index is 0.000000536. The lowest BCUT2D eigenvalue weighted by atomic mass is 9.88. The van der Waals surface area contributed by atoms with Gasteiger partial charge in [-0.3, -0.25) is 29.1 Å². The van der Waals surface area contributed by atoms with Gasteiger partial charge in [-0.1, -0.05) is 6.92 Å². The molecule has 3 unspecified atom stereocenters. The molecular weight excluding hydrogens is 552 g/mol. The largest absolute Gasteiger partial charge is 0.480 e. The predicted octanol–water partition coefficient (Wildman–Crippen LogP) is -2.55. The van der Waals surface area contributed by atoms with Crippen molar-refractivity contribution in [2.75, 3.05) is 98.4 Å². The summed E-state index contributed by atoms with van der Waals surface area (Å²) in [6, 6.07) is -1.01. The summed E-state index contributed by atoms with van der Waals surface area (Å²) in [7, 11) is 0. The van der Waals surface area contributed by atoms with Gasteiger partial charge in [-0.2, -0.15) is 0 Å². The number of carboxylic acids is 3. The highest BCUT2D eigenvalue weighted by molar-refractivity contribution is 5.73. The minimum atomic E-state index is -0.730. The first-order valence-electron chi connectivity index (χ1n) is 14.7. The average Bonchev–Trinajstić information content (AvgIpc) is 3.03. The molecule has 0 amide bonds. The molecule has 3 aliphatic rings. The van der Waals surface area contributed by atoms with E-state index in [0.29, 0.717) is 6.42 Å². The fourth-order valence-corrected chi connectivity index (χ4v) is 4.16. The molecule has 0 aromatic rings. The number of nitrogens with one attached hydrogen (secondary N) is 3. The average molecular weight is 609 g/mol. The first kappa shape index (κ1) is 40.1. The number of hydrogen-bond donors (Lipinski definition) is 9. The molecular formula is C27H56N6O9. The monoisotopic (exact) mass is 608 g/mol. The predicted molar refractivity (Wildman–Crippen MR) is 159 cm³/mol. The Bertz CT molecular complexity index is 643. The van der Waals surface area contributed by atoms with Gasteiger partial charge in [0.15, 0.2) is 0 Å². The standard InChI is InChI=1S/3C7H14N2O2.C6H14O3/c3*1-6(7(10)11)9-4-2-8-3-5-9;1-2-6(3-7,4-8)5-9/h3*6,8H,2-5H2,1H3,(H,10,11);7-9H,2-5H2,1H3. The van der Waals surface area contributed by atoms with E-state index >= 15 is 0 Å². The number of aliphatic carboxylic acids is 3. The number of nitrogens with zero attached hydrogens (tertiary/aromatic N) is 3. The number of rotatable bonds is 10. The molecule has 42 heavy (non-hydrogen) atoms. The lowest BCUT2D eigenvalue weighted by molar-refractivity contribution is -0.143. The highest BCUT2D eigenvalue weighted by Gasteiger charge is 2.25. The lowest BCUT2D eigenvalue weighted by Crippen LogP contribution is -2.49. The van der Waals surface area contributed by atoms with Crippen molar-refractivity contribution in [1.82, 2.24) is 30.7 Å². The van der Waals surface area contributed by atoms with E-state index in [1.165, 1.54) is 0 Å². The smallest absolute Gasteiger partial charge is 0.320 e. The third-order valence-corrected chi connectivity index (χ3v) is 7.93. The molecule has 3 rings (SSSR count). The van der Waals surface area contributed by atoms with Crippen LogP contribution in [0.15, 0.2) is 0 Å². The fourth-order valence-electron chi connectivity index (χ4n) is 4.16. The highest BCUT2D eigenvalue weighted by atomic mass is 16.4. The molecule has 0 spiro atoms. The summed E-state index contributed by atoms with van der Waals surface area (Å²) in [5.41, 5.74) is -0.667. The molecule has 0 saturated carbocycles. The number of aliphatic hydroxyl groups is 3. The number of hydrogen-bond acceptors (Lipinski definition) is 12. The van der Waals surface area contributed by atoms with E-state index in [-0.39, 0.29) is 37.9 Å². The van der Waals surface area contributed by atoms with Crippen molar-refractivity contribution in [3.63, 3.8) is 0 Å². The number of piperazine rings is 3. The van der Waals surface area contributed by atoms with Gasteiger partial charge < -0.3 is 46.6 Å². The second-order valence-electron chi connectivity index (χ2n) is 10.7. The molecule has 3 atom stereocenters. The Morgan fingerprint density at radius 3 is 0.905 bits per heavy atom. The normalized spacial score (nSPS) is 20.6. The van der Waals surface area contributed by atoms with E-state index < -0.39 is 23.3 Å². The van der Waals surface area contributed by atoms with E-state index in [1.807, 2.05) is 21.6 Å². The Morgan fingerprint density at radius 1 is 0.571 bits per heavy atom. The Labute approximate surface area is 249 Å². The van der Waals surface area contributed by atoms with E-state index in [2.05, 4.69) is 16.0 Å². The van der Waals surface area contributed by atoms with Crippen LogP contribution in [-0.4, -0.2) is 180 Å². The van der Waals surface area contributed by atoms with Crippen LogP contribution in [0.5, 0.6) is 0 Å². The summed E-state index contributed by atoms with van der Waals surface area (Å²) in [4.78, 5) is 37.5. The maximum atomic E-state index is 10.5.